The lowest BCUT2D eigenvalue weighted by molar-refractivity contribution is 0.0937. The number of hydrogen-bond donors (Lipinski definition) is 3. The first-order valence-electron chi connectivity index (χ1n) is 5.36. The second kappa shape index (κ2) is 5.22. The van der Waals surface area contributed by atoms with Gasteiger partial charge in [0.25, 0.3) is 5.91 Å². The van der Waals surface area contributed by atoms with Gasteiger partial charge >= 0.3 is 0 Å². The molecular formula is C12H12BrN3O2. The Morgan fingerprint density at radius 2 is 2.33 bits per heavy atom. The van der Waals surface area contributed by atoms with E-state index in [9.17, 15) is 9.90 Å². The predicted octanol–water partition coefficient (Wildman–Crippen LogP) is 2.37. The Kier molecular flexibility index (Phi) is 3.66. The second-order valence-corrected chi connectivity index (χ2v) is 4.80. The molecular weight excluding hydrogens is 298 g/mol. The lowest BCUT2D eigenvalue weighted by atomic mass is 10.1. The molecule has 1 atom stereocenters. The average Bonchev–Trinajstić information content (AvgIpc) is 2.85. The van der Waals surface area contributed by atoms with Gasteiger partial charge in [0.2, 0.25) is 0 Å². The molecule has 0 saturated heterocycles. The van der Waals surface area contributed by atoms with E-state index in [2.05, 4.69) is 31.4 Å². The highest BCUT2D eigenvalue weighted by Gasteiger charge is 2.15. The summed E-state index contributed by atoms with van der Waals surface area (Å²) < 4.78 is 0.737. The number of rotatable bonds is 3. The van der Waals surface area contributed by atoms with Gasteiger partial charge < -0.3 is 10.4 Å². The van der Waals surface area contributed by atoms with Crippen LogP contribution in [0.4, 0.5) is 0 Å². The zero-order valence-electron chi connectivity index (χ0n) is 9.64. The van der Waals surface area contributed by atoms with Crippen molar-refractivity contribution in [2.45, 2.75) is 13.0 Å². The van der Waals surface area contributed by atoms with Crippen LogP contribution >= 0.6 is 15.9 Å². The van der Waals surface area contributed by atoms with Crippen molar-refractivity contribution < 1.29 is 9.90 Å². The highest BCUT2D eigenvalue weighted by molar-refractivity contribution is 9.10. The molecule has 0 aliphatic heterocycles. The zero-order chi connectivity index (χ0) is 13.1. The van der Waals surface area contributed by atoms with Crippen molar-refractivity contribution in [1.29, 1.82) is 0 Å². The molecule has 5 nitrogen and oxygen atoms in total. The number of halogens is 1. The summed E-state index contributed by atoms with van der Waals surface area (Å²) in [5.41, 5.74) is 1.11. The van der Waals surface area contributed by atoms with Gasteiger partial charge in [-0.2, -0.15) is 5.10 Å². The maximum atomic E-state index is 12.0. The van der Waals surface area contributed by atoms with Crippen molar-refractivity contribution >= 4 is 21.8 Å². The number of phenolic OH excluding ortho intramolecular Hbond substituents is 1. The summed E-state index contributed by atoms with van der Waals surface area (Å²) in [6.07, 6.45) is 3.36. The standard InChI is InChI=1S/C12H12BrN3O2/c1-7(8-5-14-15-6-8)16-12(18)10-4-9(13)2-3-11(10)17/h2-7,17H,1H3,(H,14,15)(H,16,18). The van der Waals surface area contributed by atoms with Crippen LogP contribution in [0.5, 0.6) is 5.75 Å². The van der Waals surface area contributed by atoms with Crippen LogP contribution in [0.1, 0.15) is 28.9 Å². The van der Waals surface area contributed by atoms with Crippen molar-refractivity contribution in [2.75, 3.05) is 0 Å². The molecule has 6 heteroatoms. The molecule has 1 aromatic carbocycles. The molecule has 1 aromatic heterocycles. The first-order valence-corrected chi connectivity index (χ1v) is 6.15. The van der Waals surface area contributed by atoms with Crippen molar-refractivity contribution in [3.8, 4) is 5.75 Å². The van der Waals surface area contributed by atoms with Gasteiger partial charge in [-0.25, -0.2) is 0 Å². The summed E-state index contributed by atoms with van der Waals surface area (Å²) >= 11 is 3.26. The van der Waals surface area contributed by atoms with Crippen molar-refractivity contribution in [3.05, 3.63) is 46.2 Å². The quantitative estimate of drug-likeness (QED) is 0.814. The fourth-order valence-electron chi connectivity index (χ4n) is 1.55. The van der Waals surface area contributed by atoms with Gasteiger partial charge in [0.15, 0.2) is 0 Å². The minimum absolute atomic E-state index is 0.0462. The van der Waals surface area contributed by atoms with Crippen molar-refractivity contribution in [3.63, 3.8) is 0 Å². The number of amides is 1. The number of aromatic hydroxyl groups is 1. The van der Waals surface area contributed by atoms with Crippen LogP contribution in [0.2, 0.25) is 0 Å². The molecule has 1 unspecified atom stereocenters. The summed E-state index contributed by atoms with van der Waals surface area (Å²) in [6.45, 7) is 1.85. The molecule has 2 aromatic rings. The van der Waals surface area contributed by atoms with Crippen LogP contribution in [0.25, 0.3) is 0 Å². The summed E-state index contributed by atoms with van der Waals surface area (Å²) in [5, 5.41) is 18.9. The van der Waals surface area contributed by atoms with E-state index in [-0.39, 0.29) is 23.3 Å². The zero-order valence-corrected chi connectivity index (χ0v) is 11.2. The number of aromatic amines is 1. The fourth-order valence-corrected chi connectivity index (χ4v) is 1.91. The number of H-pyrrole nitrogens is 1. The van der Waals surface area contributed by atoms with E-state index in [1.54, 1.807) is 24.5 Å². The van der Waals surface area contributed by atoms with E-state index in [1.807, 2.05) is 6.92 Å². The number of hydrogen-bond acceptors (Lipinski definition) is 3. The minimum atomic E-state index is -0.331. The third kappa shape index (κ3) is 2.70. The number of phenols is 1. The number of carbonyl (C=O) groups excluding carboxylic acids is 1. The molecule has 0 fully saturated rings. The third-order valence-corrected chi connectivity index (χ3v) is 3.06. The van der Waals surface area contributed by atoms with Gasteiger partial charge in [-0.1, -0.05) is 15.9 Å². The molecule has 0 radical (unpaired) electrons. The van der Waals surface area contributed by atoms with E-state index in [1.165, 1.54) is 6.07 Å². The Labute approximate surface area is 112 Å². The summed E-state index contributed by atoms with van der Waals surface area (Å²) in [5.74, 6) is -0.377. The molecule has 2 rings (SSSR count). The highest BCUT2D eigenvalue weighted by atomic mass is 79.9. The average molecular weight is 310 g/mol. The predicted molar refractivity (Wildman–Crippen MR) is 70.3 cm³/mol. The van der Waals surface area contributed by atoms with Gasteiger partial charge in [-0.05, 0) is 25.1 Å². The maximum absolute atomic E-state index is 12.0. The van der Waals surface area contributed by atoms with Crippen LogP contribution < -0.4 is 5.32 Å². The van der Waals surface area contributed by atoms with E-state index >= 15 is 0 Å². The Morgan fingerprint density at radius 3 is 3.00 bits per heavy atom. The van der Waals surface area contributed by atoms with E-state index in [0.717, 1.165) is 10.0 Å². The third-order valence-electron chi connectivity index (χ3n) is 2.57. The van der Waals surface area contributed by atoms with E-state index in [0.29, 0.717) is 0 Å². The monoisotopic (exact) mass is 309 g/mol. The normalized spacial score (nSPS) is 12.1. The number of benzene rings is 1. The molecule has 0 aliphatic rings. The van der Waals surface area contributed by atoms with Gasteiger partial charge in [-0.15, -0.1) is 0 Å². The number of nitrogens with zero attached hydrogens (tertiary/aromatic N) is 1. The number of carbonyl (C=O) groups is 1. The molecule has 0 spiro atoms. The second-order valence-electron chi connectivity index (χ2n) is 3.89. The molecule has 1 heterocycles. The lowest BCUT2D eigenvalue weighted by Crippen LogP contribution is -2.26. The van der Waals surface area contributed by atoms with E-state index < -0.39 is 0 Å². The fraction of sp³-hybridized carbons (Fsp3) is 0.167. The van der Waals surface area contributed by atoms with Gasteiger partial charge in [0, 0.05) is 16.2 Å². The Morgan fingerprint density at radius 1 is 1.56 bits per heavy atom. The van der Waals surface area contributed by atoms with Crippen LogP contribution in [0.15, 0.2) is 35.1 Å². The first kappa shape index (κ1) is 12.6. The number of aromatic nitrogens is 2. The van der Waals surface area contributed by atoms with E-state index in [4.69, 9.17) is 0 Å². The molecule has 18 heavy (non-hydrogen) atoms. The Balaban J connectivity index is 2.15. The smallest absolute Gasteiger partial charge is 0.255 e. The molecule has 3 N–H and O–H groups in total. The van der Waals surface area contributed by atoms with Crippen LogP contribution in [-0.2, 0) is 0 Å². The van der Waals surface area contributed by atoms with Crippen molar-refractivity contribution in [2.24, 2.45) is 0 Å². The minimum Gasteiger partial charge on any atom is -0.507 e. The van der Waals surface area contributed by atoms with Gasteiger partial charge in [0.05, 0.1) is 17.8 Å². The Bertz CT molecular complexity index is 554. The topological polar surface area (TPSA) is 78.0 Å². The molecule has 94 valence electrons. The van der Waals surface area contributed by atoms with Crippen LogP contribution in [-0.4, -0.2) is 21.2 Å². The van der Waals surface area contributed by atoms with Crippen LogP contribution in [0.3, 0.4) is 0 Å². The van der Waals surface area contributed by atoms with Gasteiger partial charge in [0.1, 0.15) is 5.75 Å². The maximum Gasteiger partial charge on any atom is 0.255 e. The SMILES string of the molecule is CC(NC(=O)c1cc(Br)ccc1O)c1cn[nH]c1. The van der Waals surface area contributed by atoms with Crippen molar-refractivity contribution in [1.82, 2.24) is 15.5 Å². The largest absolute Gasteiger partial charge is 0.507 e. The Hall–Kier alpha value is -1.82. The summed E-state index contributed by atoms with van der Waals surface area (Å²) in [7, 11) is 0. The highest BCUT2D eigenvalue weighted by Crippen LogP contribution is 2.22. The molecule has 0 bridgehead atoms. The summed E-state index contributed by atoms with van der Waals surface area (Å²) in [4.78, 5) is 12.0. The van der Waals surface area contributed by atoms with Gasteiger partial charge in [-0.3, -0.25) is 9.89 Å². The first-order chi connectivity index (χ1) is 8.58. The van der Waals surface area contributed by atoms with Crippen LogP contribution in [0, 0.1) is 0 Å². The lowest BCUT2D eigenvalue weighted by Gasteiger charge is -2.12. The molecule has 1 amide bonds. The summed E-state index contributed by atoms with van der Waals surface area (Å²) in [6, 6.07) is 4.54. The molecule has 0 aliphatic carbocycles. The molecule has 0 saturated carbocycles. The number of nitrogens with one attached hydrogen (secondary N) is 2.